The van der Waals surface area contributed by atoms with E-state index in [1.165, 1.54) is 23.9 Å². The van der Waals surface area contributed by atoms with Crippen LogP contribution in [0.4, 0.5) is 5.69 Å². The number of likely N-dealkylation sites (N-methyl/N-ethyl adjacent to an activating group) is 1. The summed E-state index contributed by atoms with van der Waals surface area (Å²) in [6, 6.07) is 15.5. The molecule has 1 saturated heterocycles. The number of carbonyl (C=O) groups excluding carboxylic acids is 1. The maximum atomic E-state index is 12.9. The summed E-state index contributed by atoms with van der Waals surface area (Å²) in [4.78, 5) is 31.0. The number of hydrogen-bond donors (Lipinski definition) is 1. The predicted molar refractivity (Wildman–Crippen MR) is 134 cm³/mol. The van der Waals surface area contributed by atoms with Crippen LogP contribution in [0.3, 0.4) is 0 Å². The second kappa shape index (κ2) is 10.2. The van der Waals surface area contributed by atoms with Crippen molar-refractivity contribution in [2.75, 3.05) is 13.2 Å². The molecule has 2 heterocycles. The van der Waals surface area contributed by atoms with E-state index in [2.05, 4.69) is 4.99 Å². The van der Waals surface area contributed by atoms with Crippen LogP contribution in [0.15, 0.2) is 68.9 Å². The van der Waals surface area contributed by atoms with Crippen LogP contribution in [0, 0.1) is 0 Å². The number of amides is 1. The molecule has 0 radical (unpaired) electrons. The Labute approximate surface area is 205 Å². The lowest BCUT2D eigenvalue weighted by molar-refractivity contribution is -0.122. The molecular weight excluding hydrogens is 476 g/mol. The Morgan fingerprint density at radius 2 is 1.94 bits per heavy atom. The van der Waals surface area contributed by atoms with Gasteiger partial charge < -0.3 is 14.3 Å². The molecule has 0 spiro atoms. The van der Waals surface area contributed by atoms with Crippen molar-refractivity contribution >= 4 is 52.2 Å². The van der Waals surface area contributed by atoms with Gasteiger partial charge in [0.2, 0.25) is 0 Å². The van der Waals surface area contributed by atoms with Gasteiger partial charge >= 0.3 is 5.97 Å². The Hall–Kier alpha value is -3.49. The number of thioether (sulfide) groups is 1. The maximum absolute atomic E-state index is 12.9. The SMILES string of the molecule is CCOc1ccc(N=C2S/C(=C\c3ccc(-c4ccc(Cl)c(C(=O)O)c4)o3)C(=O)N2CC)cc1. The van der Waals surface area contributed by atoms with Crippen molar-refractivity contribution < 1.29 is 23.8 Å². The molecule has 4 rings (SSSR count). The Morgan fingerprint density at radius 3 is 2.62 bits per heavy atom. The Balaban J connectivity index is 1.58. The number of amidine groups is 1. The molecule has 3 aromatic rings. The predicted octanol–water partition coefficient (Wildman–Crippen LogP) is 6.32. The van der Waals surface area contributed by atoms with Crippen molar-refractivity contribution in [1.82, 2.24) is 4.90 Å². The number of halogens is 1. The summed E-state index contributed by atoms with van der Waals surface area (Å²) in [5, 5.41) is 10.0. The van der Waals surface area contributed by atoms with E-state index in [9.17, 15) is 14.7 Å². The molecule has 1 N–H and O–H groups in total. The molecule has 34 heavy (non-hydrogen) atoms. The fourth-order valence-electron chi connectivity index (χ4n) is 3.32. The van der Waals surface area contributed by atoms with Crippen molar-refractivity contribution in [3.8, 4) is 17.1 Å². The first-order valence-corrected chi connectivity index (χ1v) is 11.7. The van der Waals surface area contributed by atoms with Crippen molar-refractivity contribution in [3.63, 3.8) is 0 Å². The monoisotopic (exact) mass is 496 g/mol. The van der Waals surface area contributed by atoms with E-state index in [1.807, 2.05) is 38.1 Å². The van der Waals surface area contributed by atoms with Crippen molar-refractivity contribution in [3.05, 3.63) is 75.8 Å². The number of rotatable bonds is 7. The highest BCUT2D eigenvalue weighted by Gasteiger charge is 2.32. The summed E-state index contributed by atoms with van der Waals surface area (Å²) < 4.78 is 11.3. The molecular formula is C25H21ClN2O5S. The lowest BCUT2D eigenvalue weighted by Gasteiger charge is -2.12. The van der Waals surface area contributed by atoms with Crippen molar-refractivity contribution in [2.24, 2.45) is 4.99 Å². The normalized spacial score (nSPS) is 16.0. The average Bonchev–Trinajstić information content (AvgIpc) is 3.40. The van der Waals surface area contributed by atoms with Gasteiger partial charge in [0.05, 0.1) is 27.8 Å². The van der Waals surface area contributed by atoms with E-state index < -0.39 is 5.97 Å². The number of carboxylic acids is 1. The second-order valence-electron chi connectivity index (χ2n) is 7.18. The highest BCUT2D eigenvalue weighted by molar-refractivity contribution is 8.18. The van der Waals surface area contributed by atoms with Crippen LogP contribution in [0.25, 0.3) is 17.4 Å². The Bertz CT molecular complexity index is 1300. The lowest BCUT2D eigenvalue weighted by atomic mass is 10.1. The van der Waals surface area contributed by atoms with E-state index in [1.54, 1.807) is 29.2 Å². The molecule has 0 unspecified atom stereocenters. The molecule has 1 aliphatic rings. The van der Waals surface area contributed by atoms with Gasteiger partial charge in [-0.15, -0.1) is 0 Å². The zero-order valence-electron chi connectivity index (χ0n) is 18.4. The fourth-order valence-corrected chi connectivity index (χ4v) is 4.56. The molecule has 174 valence electrons. The number of aliphatic imine (C=N–C) groups is 1. The van der Waals surface area contributed by atoms with Gasteiger partial charge in [-0.2, -0.15) is 0 Å². The van der Waals surface area contributed by atoms with E-state index in [0.29, 0.717) is 40.3 Å². The van der Waals surface area contributed by atoms with Gasteiger partial charge in [-0.1, -0.05) is 11.6 Å². The molecule has 0 bridgehead atoms. The molecule has 0 atom stereocenters. The third-order valence-electron chi connectivity index (χ3n) is 4.96. The van der Waals surface area contributed by atoms with Crippen LogP contribution in [0.5, 0.6) is 5.75 Å². The molecule has 1 aliphatic heterocycles. The van der Waals surface area contributed by atoms with Crippen LogP contribution in [0.2, 0.25) is 5.02 Å². The Kier molecular flexibility index (Phi) is 7.09. The van der Waals surface area contributed by atoms with Gasteiger partial charge in [0, 0.05) is 18.2 Å². The molecule has 1 amide bonds. The zero-order valence-corrected chi connectivity index (χ0v) is 20.0. The van der Waals surface area contributed by atoms with Crippen LogP contribution in [0.1, 0.15) is 30.0 Å². The number of benzene rings is 2. The second-order valence-corrected chi connectivity index (χ2v) is 8.60. The quantitative estimate of drug-likeness (QED) is 0.385. The van der Waals surface area contributed by atoms with Crippen LogP contribution in [-0.4, -0.2) is 40.2 Å². The van der Waals surface area contributed by atoms with Gasteiger partial charge in [0.15, 0.2) is 5.17 Å². The standard InChI is InChI=1S/C25H21ClN2O5S/c1-3-28-23(29)22(34-25(28)27-16-6-8-17(9-7-16)32-4-2)14-18-10-12-21(33-18)15-5-11-20(26)19(13-15)24(30)31/h5-14H,3-4H2,1-2H3,(H,30,31)/b22-14-,27-25?. The van der Waals surface area contributed by atoms with E-state index in [0.717, 1.165) is 11.4 Å². The molecule has 0 aliphatic carbocycles. The van der Waals surface area contributed by atoms with Gasteiger partial charge in [-0.25, -0.2) is 9.79 Å². The third-order valence-corrected chi connectivity index (χ3v) is 6.29. The fraction of sp³-hybridized carbons (Fsp3) is 0.160. The van der Waals surface area contributed by atoms with E-state index >= 15 is 0 Å². The van der Waals surface area contributed by atoms with Crippen molar-refractivity contribution in [2.45, 2.75) is 13.8 Å². The van der Waals surface area contributed by atoms with Gasteiger partial charge in [-0.3, -0.25) is 9.69 Å². The minimum Gasteiger partial charge on any atom is -0.494 e. The van der Waals surface area contributed by atoms with Crippen LogP contribution >= 0.6 is 23.4 Å². The molecule has 1 fully saturated rings. The zero-order chi connectivity index (χ0) is 24.2. The van der Waals surface area contributed by atoms with E-state index in [-0.39, 0.29) is 16.5 Å². The van der Waals surface area contributed by atoms with Gasteiger partial charge in [-0.05, 0) is 80.2 Å². The number of ether oxygens (including phenoxy) is 1. The summed E-state index contributed by atoms with van der Waals surface area (Å²) in [5.74, 6) is 0.426. The molecule has 9 heteroatoms. The van der Waals surface area contributed by atoms with E-state index in [4.69, 9.17) is 20.8 Å². The molecule has 7 nitrogen and oxygen atoms in total. The minimum atomic E-state index is -1.12. The van der Waals surface area contributed by atoms with Crippen molar-refractivity contribution in [1.29, 1.82) is 0 Å². The highest BCUT2D eigenvalue weighted by atomic mass is 35.5. The first-order chi connectivity index (χ1) is 16.4. The highest BCUT2D eigenvalue weighted by Crippen LogP contribution is 2.35. The number of aromatic carboxylic acids is 1. The molecule has 2 aromatic carbocycles. The largest absolute Gasteiger partial charge is 0.494 e. The molecule has 0 saturated carbocycles. The number of furan rings is 1. The number of carboxylic acid groups (broad SMARTS) is 1. The summed E-state index contributed by atoms with van der Waals surface area (Å²) in [6.07, 6.45) is 1.66. The Morgan fingerprint density at radius 1 is 1.18 bits per heavy atom. The minimum absolute atomic E-state index is 0.00859. The molecule has 1 aromatic heterocycles. The van der Waals surface area contributed by atoms with Crippen LogP contribution < -0.4 is 4.74 Å². The average molecular weight is 497 g/mol. The smallest absolute Gasteiger partial charge is 0.337 e. The summed E-state index contributed by atoms with van der Waals surface area (Å²) in [5.41, 5.74) is 1.28. The van der Waals surface area contributed by atoms with Gasteiger partial charge in [0.1, 0.15) is 17.3 Å². The number of nitrogens with zero attached hydrogens (tertiary/aromatic N) is 2. The number of carbonyl (C=O) groups is 2. The topological polar surface area (TPSA) is 92.3 Å². The third kappa shape index (κ3) is 5.03. The van der Waals surface area contributed by atoms with Gasteiger partial charge in [0.25, 0.3) is 5.91 Å². The van der Waals surface area contributed by atoms with Crippen LogP contribution in [-0.2, 0) is 4.79 Å². The summed E-state index contributed by atoms with van der Waals surface area (Å²) in [6.45, 7) is 4.88. The number of hydrogen-bond acceptors (Lipinski definition) is 6. The summed E-state index contributed by atoms with van der Waals surface area (Å²) >= 11 is 7.22. The maximum Gasteiger partial charge on any atom is 0.337 e. The first kappa shape index (κ1) is 23.7. The lowest BCUT2D eigenvalue weighted by Crippen LogP contribution is -2.28. The summed E-state index contributed by atoms with van der Waals surface area (Å²) in [7, 11) is 0. The first-order valence-electron chi connectivity index (χ1n) is 10.6.